The lowest BCUT2D eigenvalue weighted by atomic mass is 10.1. The van der Waals surface area contributed by atoms with Crippen molar-refractivity contribution in [1.82, 2.24) is 10.3 Å². The zero-order chi connectivity index (χ0) is 17.5. The highest BCUT2D eigenvalue weighted by Gasteiger charge is 2.16. The molecule has 0 radical (unpaired) electrons. The number of nitro groups is 1. The van der Waals surface area contributed by atoms with Crippen molar-refractivity contribution in [1.29, 1.82) is 0 Å². The van der Waals surface area contributed by atoms with Gasteiger partial charge in [-0.15, -0.1) is 11.3 Å². The molecule has 0 aliphatic heterocycles. The minimum Gasteiger partial charge on any atom is -0.347 e. The van der Waals surface area contributed by atoms with Gasteiger partial charge in [0.05, 0.1) is 4.92 Å². The Hall–Kier alpha value is -2.32. The van der Waals surface area contributed by atoms with Crippen LogP contribution in [-0.4, -0.2) is 28.4 Å². The predicted octanol–water partition coefficient (Wildman–Crippen LogP) is 2.97. The van der Waals surface area contributed by atoms with Crippen molar-refractivity contribution >= 4 is 22.9 Å². The topological polar surface area (TPSA) is 111 Å². The van der Waals surface area contributed by atoms with Crippen molar-refractivity contribution in [2.45, 2.75) is 32.2 Å². The van der Waals surface area contributed by atoms with Gasteiger partial charge in [0, 0.05) is 35.7 Å². The molecule has 0 saturated heterocycles. The maximum atomic E-state index is 12.3. The molecule has 8 heteroatoms. The number of unbranched alkanes of at least 4 members (excludes halogenated alkanes) is 1. The van der Waals surface area contributed by atoms with Gasteiger partial charge < -0.3 is 11.1 Å². The maximum absolute atomic E-state index is 12.3. The summed E-state index contributed by atoms with van der Waals surface area (Å²) < 4.78 is 0. The minimum atomic E-state index is -0.451. The SMILES string of the molecule is CCCCC(CN)NC(=O)c1csc(-c2ccc([N+](=O)[O-])cc2)n1. The Labute approximate surface area is 144 Å². The lowest BCUT2D eigenvalue weighted by Gasteiger charge is -2.15. The molecule has 0 spiro atoms. The molecule has 0 aliphatic carbocycles. The smallest absolute Gasteiger partial charge is 0.271 e. The average Bonchev–Trinajstić information content (AvgIpc) is 3.08. The highest BCUT2D eigenvalue weighted by atomic mass is 32.1. The number of nitrogens with two attached hydrogens (primary N) is 1. The first-order valence-corrected chi connectivity index (χ1v) is 8.64. The van der Waals surface area contributed by atoms with Crippen molar-refractivity contribution in [2.24, 2.45) is 5.73 Å². The minimum absolute atomic E-state index is 0.0231. The molecule has 0 aliphatic rings. The van der Waals surface area contributed by atoms with Crippen LogP contribution in [0.3, 0.4) is 0 Å². The maximum Gasteiger partial charge on any atom is 0.271 e. The monoisotopic (exact) mass is 348 g/mol. The molecule has 1 heterocycles. The fourth-order valence-electron chi connectivity index (χ4n) is 2.20. The standard InChI is InChI=1S/C16H20N4O3S/c1-2-3-4-12(9-17)18-15(21)14-10-24-16(19-14)11-5-7-13(8-6-11)20(22)23/h5-8,10,12H,2-4,9,17H2,1H3,(H,18,21). The summed E-state index contributed by atoms with van der Waals surface area (Å²) in [5.74, 6) is -0.244. The van der Waals surface area contributed by atoms with Crippen LogP contribution in [0.25, 0.3) is 10.6 Å². The van der Waals surface area contributed by atoms with Crippen LogP contribution >= 0.6 is 11.3 Å². The molecular formula is C16H20N4O3S. The molecule has 1 aromatic carbocycles. The second kappa shape index (κ2) is 8.51. The molecule has 1 aromatic heterocycles. The molecular weight excluding hydrogens is 328 g/mol. The van der Waals surface area contributed by atoms with Crippen LogP contribution in [0.1, 0.15) is 36.7 Å². The van der Waals surface area contributed by atoms with Crippen molar-refractivity contribution in [3.05, 3.63) is 45.5 Å². The number of amides is 1. The number of thiazole rings is 1. The highest BCUT2D eigenvalue weighted by molar-refractivity contribution is 7.13. The van der Waals surface area contributed by atoms with Gasteiger partial charge in [-0.25, -0.2) is 4.98 Å². The van der Waals surface area contributed by atoms with E-state index in [0.717, 1.165) is 24.8 Å². The van der Waals surface area contributed by atoms with E-state index in [4.69, 9.17) is 5.73 Å². The number of benzene rings is 1. The molecule has 2 aromatic rings. The van der Waals surface area contributed by atoms with Gasteiger partial charge in [0.1, 0.15) is 10.7 Å². The number of hydrogen-bond acceptors (Lipinski definition) is 6. The summed E-state index contributed by atoms with van der Waals surface area (Å²) in [6.07, 6.45) is 2.90. The zero-order valence-corrected chi connectivity index (χ0v) is 14.2. The molecule has 1 amide bonds. The normalized spacial score (nSPS) is 11.9. The van der Waals surface area contributed by atoms with Crippen LogP contribution in [-0.2, 0) is 0 Å². The summed E-state index contributed by atoms with van der Waals surface area (Å²) in [5.41, 5.74) is 6.79. The van der Waals surface area contributed by atoms with E-state index in [0.29, 0.717) is 17.2 Å². The Kier molecular flexibility index (Phi) is 6.39. The largest absolute Gasteiger partial charge is 0.347 e. The average molecular weight is 348 g/mol. The van der Waals surface area contributed by atoms with Crippen LogP contribution < -0.4 is 11.1 Å². The van der Waals surface area contributed by atoms with E-state index in [1.165, 1.54) is 23.5 Å². The second-order valence-corrected chi connectivity index (χ2v) is 6.25. The highest BCUT2D eigenvalue weighted by Crippen LogP contribution is 2.25. The predicted molar refractivity (Wildman–Crippen MR) is 94.0 cm³/mol. The Bertz CT molecular complexity index is 700. The van der Waals surface area contributed by atoms with E-state index in [2.05, 4.69) is 17.2 Å². The second-order valence-electron chi connectivity index (χ2n) is 5.39. The third-order valence-corrected chi connectivity index (χ3v) is 4.48. The summed E-state index contributed by atoms with van der Waals surface area (Å²) in [6.45, 7) is 2.48. The van der Waals surface area contributed by atoms with E-state index in [1.54, 1.807) is 17.5 Å². The van der Waals surface area contributed by atoms with Crippen LogP contribution in [0, 0.1) is 10.1 Å². The lowest BCUT2D eigenvalue weighted by Crippen LogP contribution is -2.40. The molecule has 128 valence electrons. The van der Waals surface area contributed by atoms with Gasteiger partial charge in [-0.1, -0.05) is 19.8 Å². The number of carbonyl (C=O) groups is 1. The molecule has 24 heavy (non-hydrogen) atoms. The summed E-state index contributed by atoms with van der Waals surface area (Å²) in [5, 5.41) is 15.9. The summed E-state index contributed by atoms with van der Waals surface area (Å²) in [4.78, 5) is 26.8. The molecule has 7 nitrogen and oxygen atoms in total. The van der Waals surface area contributed by atoms with Gasteiger partial charge in [0.2, 0.25) is 0 Å². The van der Waals surface area contributed by atoms with Gasteiger partial charge in [-0.3, -0.25) is 14.9 Å². The van der Waals surface area contributed by atoms with E-state index in [9.17, 15) is 14.9 Å². The Morgan fingerprint density at radius 3 is 2.71 bits per heavy atom. The number of nitrogens with one attached hydrogen (secondary N) is 1. The Morgan fingerprint density at radius 1 is 1.42 bits per heavy atom. The number of rotatable bonds is 8. The van der Waals surface area contributed by atoms with Crippen LogP contribution in [0.5, 0.6) is 0 Å². The van der Waals surface area contributed by atoms with Crippen LogP contribution in [0.4, 0.5) is 5.69 Å². The zero-order valence-electron chi connectivity index (χ0n) is 13.4. The number of aromatic nitrogens is 1. The molecule has 1 unspecified atom stereocenters. The number of nitrogens with zero attached hydrogens (tertiary/aromatic N) is 2. The number of carbonyl (C=O) groups excluding carboxylic acids is 1. The van der Waals surface area contributed by atoms with E-state index in [1.807, 2.05) is 0 Å². The quantitative estimate of drug-likeness (QED) is 0.563. The third-order valence-electron chi connectivity index (χ3n) is 3.59. The van der Waals surface area contributed by atoms with Crippen LogP contribution in [0.2, 0.25) is 0 Å². The summed E-state index contributed by atoms with van der Waals surface area (Å²) in [6, 6.07) is 6.05. The van der Waals surface area contributed by atoms with Gasteiger partial charge in [-0.2, -0.15) is 0 Å². The first-order valence-electron chi connectivity index (χ1n) is 7.76. The van der Waals surface area contributed by atoms with Gasteiger partial charge in [-0.05, 0) is 18.6 Å². The number of hydrogen-bond donors (Lipinski definition) is 2. The van der Waals surface area contributed by atoms with E-state index >= 15 is 0 Å². The number of non-ortho nitro benzene ring substituents is 1. The van der Waals surface area contributed by atoms with Crippen molar-refractivity contribution in [2.75, 3.05) is 6.54 Å². The van der Waals surface area contributed by atoms with Gasteiger partial charge in [0.25, 0.3) is 11.6 Å². The summed E-state index contributed by atoms with van der Waals surface area (Å²) >= 11 is 1.32. The van der Waals surface area contributed by atoms with Gasteiger partial charge in [0.15, 0.2) is 0 Å². The first kappa shape index (κ1) is 18.0. The Morgan fingerprint density at radius 2 is 2.12 bits per heavy atom. The molecule has 1 atom stereocenters. The molecule has 3 N–H and O–H groups in total. The molecule has 2 rings (SSSR count). The van der Waals surface area contributed by atoms with Crippen LogP contribution in [0.15, 0.2) is 29.6 Å². The molecule has 0 bridgehead atoms. The Balaban J connectivity index is 2.06. The summed E-state index contributed by atoms with van der Waals surface area (Å²) in [7, 11) is 0. The number of nitro benzene ring substituents is 1. The first-order chi connectivity index (χ1) is 11.5. The van der Waals surface area contributed by atoms with Crippen molar-refractivity contribution in [3.8, 4) is 10.6 Å². The molecule has 0 fully saturated rings. The van der Waals surface area contributed by atoms with E-state index in [-0.39, 0.29) is 17.6 Å². The lowest BCUT2D eigenvalue weighted by molar-refractivity contribution is -0.384. The fourth-order valence-corrected chi connectivity index (χ4v) is 3.00. The van der Waals surface area contributed by atoms with Crippen molar-refractivity contribution < 1.29 is 9.72 Å². The molecule has 0 saturated carbocycles. The third kappa shape index (κ3) is 4.59. The van der Waals surface area contributed by atoms with Crippen molar-refractivity contribution in [3.63, 3.8) is 0 Å². The fraction of sp³-hybridized carbons (Fsp3) is 0.375. The van der Waals surface area contributed by atoms with Gasteiger partial charge >= 0.3 is 0 Å². The van der Waals surface area contributed by atoms with E-state index < -0.39 is 4.92 Å².